The molecule has 0 radical (unpaired) electrons. The monoisotopic (exact) mass is 436 g/mol. The van der Waals surface area contributed by atoms with Crippen molar-refractivity contribution >= 4 is 39.4 Å². The molecule has 4 nitrogen and oxygen atoms in total. The molecular weight excluding hydrogens is 416 g/mol. The van der Waals surface area contributed by atoms with Crippen LogP contribution in [0.15, 0.2) is 76.2 Å². The molecule has 0 saturated carbocycles. The van der Waals surface area contributed by atoms with Gasteiger partial charge in [-0.2, -0.15) is 0 Å². The van der Waals surface area contributed by atoms with Gasteiger partial charge in [-0.15, -0.1) is 0 Å². The van der Waals surface area contributed by atoms with Crippen molar-refractivity contribution in [1.29, 1.82) is 0 Å². The number of anilines is 1. The number of para-hydroxylation sites is 1. The van der Waals surface area contributed by atoms with E-state index in [1.54, 1.807) is 6.21 Å². The van der Waals surface area contributed by atoms with Crippen molar-refractivity contribution in [3.05, 3.63) is 87.9 Å². The molecule has 142 valence electrons. The first-order valence-electron chi connectivity index (χ1n) is 8.90. The second-order valence-corrected chi connectivity index (χ2v) is 7.35. The molecule has 0 aliphatic rings. The molecule has 0 aliphatic heterocycles. The van der Waals surface area contributed by atoms with E-state index in [1.165, 1.54) is 5.56 Å². The maximum Gasteiger partial charge on any atom is 0.262 e. The first-order valence-corrected chi connectivity index (χ1v) is 9.69. The van der Waals surface area contributed by atoms with Crippen molar-refractivity contribution in [2.45, 2.75) is 13.8 Å². The van der Waals surface area contributed by atoms with Gasteiger partial charge in [0.25, 0.3) is 5.91 Å². The van der Waals surface area contributed by atoms with Crippen molar-refractivity contribution in [3.63, 3.8) is 0 Å². The number of ether oxygens (including phenoxy) is 1. The zero-order valence-corrected chi connectivity index (χ0v) is 17.4. The van der Waals surface area contributed by atoms with E-state index in [9.17, 15) is 4.79 Å². The third-order valence-corrected chi connectivity index (χ3v) is 4.58. The second-order valence-electron chi connectivity index (χ2n) is 6.43. The fraction of sp³-hybridized carbons (Fsp3) is 0.130. The number of aryl methyl sites for hydroxylation is 2. The zero-order valence-electron chi connectivity index (χ0n) is 15.8. The first-order chi connectivity index (χ1) is 13.5. The second kappa shape index (κ2) is 9.33. The molecule has 0 heterocycles. The summed E-state index contributed by atoms with van der Waals surface area (Å²) in [5.74, 6) is 0.381. The first kappa shape index (κ1) is 19.8. The van der Waals surface area contributed by atoms with Gasteiger partial charge < -0.3 is 10.1 Å². The minimum Gasteiger partial charge on any atom is -0.483 e. The molecular formula is C23H21BrN2O2. The zero-order chi connectivity index (χ0) is 19.9. The summed E-state index contributed by atoms with van der Waals surface area (Å²) in [7, 11) is 0. The van der Waals surface area contributed by atoms with Crippen LogP contribution in [0.1, 0.15) is 16.7 Å². The minimum absolute atomic E-state index is 0.0824. The van der Waals surface area contributed by atoms with Crippen molar-refractivity contribution in [1.82, 2.24) is 0 Å². The van der Waals surface area contributed by atoms with Crippen LogP contribution in [0, 0.1) is 13.8 Å². The summed E-state index contributed by atoms with van der Waals surface area (Å²) >= 11 is 3.47. The van der Waals surface area contributed by atoms with Crippen molar-refractivity contribution in [2.24, 2.45) is 4.99 Å². The van der Waals surface area contributed by atoms with Gasteiger partial charge in [0.1, 0.15) is 5.75 Å². The van der Waals surface area contributed by atoms with Crippen molar-refractivity contribution in [3.8, 4) is 5.75 Å². The van der Waals surface area contributed by atoms with Crippen LogP contribution < -0.4 is 10.1 Å². The van der Waals surface area contributed by atoms with E-state index < -0.39 is 0 Å². The van der Waals surface area contributed by atoms with E-state index in [-0.39, 0.29) is 12.5 Å². The van der Waals surface area contributed by atoms with E-state index in [0.717, 1.165) is 27.0 Å². The largest absolute Gasteiger partial charge is 0.483 e. The van der Waals surface area contributed by atoms with Crippen LogP contribution >= 0.6 is 15.9 Å². The van der Waals surface area contributed by atoms with Crippen molar-refractivity contribution in [2.75, 3.05) is 11.9 Å². The number of nitrogens with zero attached hydrogens (tertiary/aromatic N) is 1. The van der Waals surface area contributed by atoms with E-state index in [4.69, 9.17) is 4.74 Å². The number of carbonyl (C=O) groups excluding carboxylic acids is 1. The molecule has 0 fully saturated rings. The number of hydrogen-bond acceptors (Lipinski definition) is 3. The molecule has 3 aromatic rings. The molecule has 1 amide bonds. The molecule has 5 heteroatoms. The Kier molecular flexibility index (Phi) is 6.61. The Labute approximate surface area is 173 Å². The van der Waals surface area contributed by atoms with E-state index >= 15 is 0 Å². The average molecular weight is 437 g/mol. The number of amides is 1. The SMILES string of the molecule is Cc1ccc(N=Cc2cc(Br)ccc2OCC(=O)Nc2ccccc2)c(C)c1. The Hall–Kier alpha value is -2.92. The molecule has 28 heavy (non-hydrogen) atoms. The summed E-state index contributed by atoms with van der Waals surface area (Å²) in [6, 6.07) is 21.0. The van der Waals surface area contributed by atoms with Crippen LogP contribution in [0.5, 0.6) is 5.75 Å². The van der Waals surface area contributed by atoms with Gasteiger partial charge in [-0.25, -0.2) is 0 Å². The molecule has 0 bridgehead atoms. The number of halogens is 1. The lowest BCUT2D eigenvalue weighted by Crippen LogP contribution is -2.20. The van der Waals surface area contributed by atoms with Gasteiger partial charge >= 0.3 is 0 Å². The third kappa shape index (κ3) is 5.54. The summed E-state index contributed by atoms with van der Waals surface area (Å²) in [4.78, 5) is 16.7. The number of nitrogens with one attached hydrogen (secondary N) is 1. The lowest BCUT2D eigenvalue weighted by Gasteiger charge is -2.10. The molecule has 0 spiro atoms. The molecule has 0 aromatic heterocycles. The topological polar surface area (TPSA) is 50.7 Å². The molecule has 0 unspecified atom stereocenters. The Bertz CT molecular complexity index is 1000. The minimum atomic E-state index is -0.216. The Morgan fingerprint density at radius 1 is 1.07 bits per heavy atom. The summed E-state index contributed by atoms with van der Waals surface area (Å²) < 4.78 is 6.65. The number of rotatable bonds is 6. The maximum atomic E-state index is 12.1. The lowest BCUT2D eigenvalue weighted by molar-refractivity contribution is -0.118. The summed E-state index contributed by atoms with van der Waals surface area (Å²) in [6.07, 6.45) is 1.76. The quantitative estimate of drug-likeness (QED) is 0.493. The van der Waals surface area contributed by atoms with E-state index in [0.29, 0.717) is 5.75 Å². The molecule has 0 saturated heterocycles. The van der Waals surface area contributed by atoms with E-state index in [2.05, 4.69) is 39.2 Å². The van der Waals surface area contributed by atoms with Gasteiger partial charge in [0.2, 0.25) is 0 Å². The summed E-state index contributed by atoms with van der Waals surface area (Å²) in [5.41, 5.74) is 4.74. The lowest BCUT2D eigenvalue weighted by atomic mass is 10.1. The van der Waals surface area contributed by atoms with Crippen LogP contribution in [0.4, 0.5) is 11.4 Å². The Morgan fingerprint density at radius 3 is 2.61 bits per heavy atom. The highest BCUT2D eigenvalue weighted by Crippen LogP contribution is 2.24. The maximum absolute atomic E-state index is 12.1. The van der Waals surface area contributed by atoms with Crippen LogP contribution in [-0.2, 0) is 4.79 Å². The molecule has 1 N–H and O–H groups in total. The highest BCUT2D eigenvalue weighted by molar-refractivity contribution is 9.10. The predicted molar refractivity (Wildman–Crippen MR) is 118 cm³/mol. The fourth-order valence-corrected chi connectivity index (χ4v) is 3.08. The smallest absolute Gasteiger partial charge is 0.262 e. The van der Waals surface area contributed by atoms with Gasteiger partial charge in [0, 0.05) is 21.9 Å². The fourth-order valence-electron chi connectivity index (χ4n) is 2.70. The predicted octanol–water partition coefficient (Wildman–Crippen LogP) is 5.83. The summed E-state index contributed by atoms with van der Waals surface area (Å²) in [5, 5.41) is 2.81. The highest BCUT2D eigenvalue weighted by Gasteiger charge is 2.07. The van der Waals surface area contributed by atoms with Crippen LogP contribution in [0.3, 0.4) is 0 Å². The number of aliphatic imine (C=N–C) groups is 1. The Morgan fingerprint density at radius 2 is 1.86 bits per heavy atom. The average Bonchev–Trinajstić information content (AvgIpc) is 2.67. The molecule has 0 atom stereocenters. The Balaban J connectivity index is 1.71. The van der Waals surface area contributed by atoms with Gasteiger partial charge in [-0.1, -0.05) is 51.8 Å². The van der Waals surface area contributed by atoms with Gasteiger partial charge in [-0.3, -0.25) is 9.79 Å². The molecule has 3 rings (SSSR count). The standard InChI is InChI=1S/C23H21BrN2O2/c1-16-8-10-21(17(2)12-16)25-14-18-13-19(24)9-11-22(18)28-15-23(27)26-20-6-4-3-5-7-20/h3-14H,15H2,1-2H3,(H,26,27). The highest BCUT2D eigenvalue weighted by atomic mass is 79.9. The summed E-state index contributed by atoms with van der Waals surface area (Å²) in [6.45, 7) is 4.01. The van der Waals surface area contributed by atoms with Crippen LogP contribution in [0.25, 0.3) is 0 Å². The van der Waals surface area contributed by atoms with Gasteiger partial charge in [0.05, 0.1) is 5.69 Å². The third-order valence-electron chi connectivity index (χ3n) is 4.08. The number of benzene rings is 3. The van der Waals surface area contributed by atoms with Crippen LogP contribution in [0.2, 0.25) is 0 Å². The molecule has 3 aromatic carbocycles. The molecule has 0 aliphatic carbocycles. The van der Waals surface area contributed by atoms with Gasteiger partial charge in [-0.05, 0) is 55.8 Å². The normalized spacial score (nSPS) is 10.8. The van der Waals surface area contributed by atoms with Crippen LogP contribution in [-0.4, -0.2) is 18.7 Å². The van der Waals surface area contributed by atoms with E-state index in [1.807, 2.05) is 67.6 Å². The van der Waals surface area contributed by atoms with Gasteiger partial charge in [0.15, 0.2) is 6.61 Å². The number of hydrogen-bond donors (Lipinski definition) is 1. The number of carbonyl (C=O) groups is 1. The van der Waals surface area contributed by atoms with Crippen molar-refractivity contribution < 1.29 is 9.53 Å².